The van der Waals surface area contributed by atoms with Crippen LogP contribution in [-0.2, 0) is 15.8 Å². The lowest BCUT2D eigenvalue weighted by Gasteiger charge is -2.38. The zero-order chi connectivity index (χ0) is 18.3. The van der Waals surface area contributed by atoms with Gasteiger partial charge in [-0.15, -0.1) is 0 Å². The van der Waals surface area contributed by atoms with Gasteiger partial charge in [-0.2, -0.15) is 0 Å². The standard InChI is InChI=1S/C21H28O3Si/c1-21(2,3)25(4,17-23-15-18-11-7-5-8-12-18)24-16-20(22)19-13-9-6-10-14-19/h5-14H,15-17H2,1-4H3. The van der Waals surface area contributed by atoms with Crippen molar-refractivity contribution in [3.63, 3.8) is 0 Å². The third kappa shape index (κ3) is 5.63. The SMILES string of the molecule is CC(C)(C)[Si](C)(COCc1ccccc1)OCC(=O)c1ccccc1. The van der Waals surface area contributed by atoms with Gasteiger partial charge in [0.15, 0.2) is 5.78 Å². The summed E-state index contributed by atoms with van der Waals surface area (Å²) in [6.45, 7) is 9.32. The van der Waals surface area contributed by atoms with Gasteiger partial charge in [-0.05, 0) is 17.1 Å². The van der Waals surface area contributed by atoms with Crippen molar-refractivity contribution in [2.24, 2.45) is 0 Å². The predicted molar refractivity (Wildman–Crippen MR) is 104 cm³/mol. The number of carbonyl (C=O) groups is 1. The lowest BCUT2D eigenvalue weighted by atomic mass is 10.1. The average Bonchev–Trinajstić information content (AvgIpc) is 2.60. The van der Waals surface area contributed by atoms with Gasteiger partial charge in [0.2, 0.25) is 8.32 Å². The summed E-state index contributed by atoms with van der Waals surface area (Å²) in [4.78, 5) is 12.4. The summed E-state index contributed by atoms with van der Waals surface area (Å²) in [6.07, 6.45) is 0.563. The van der Waals surface area contributed by atoms with Crippen LogP contribution in [0, 0.1) is 0 Å². The van der Waals surface area contributed by atoms with Gasteiger partial charge in [0.25, 0.3) is 0 Å². The molecule has 0 aliphatic rings. The number of benzene rings is 2. The molecule has 0 saturated heterocycles. The molecule has 2 rings (SSSR count). The Morgan fingerprint density at radius 3 is 2.08 bits per heavy atom. The van der Waals surface area contributed by atoms with Gasteiger partial charge < -0.3 is 9.16 Å². The maximum Gasteiger partial charge on any atom is 0.220 e. The van der Waals surface area contributed by atoms with E-state index in [4.69, 9.17) is 9.16 Å². The molecule has 134 valence electrons. The molecule has 0 radical (unpaired) electrons. The van der Waals surface area contributed by atoms with Crippen LogP contribution in [0.15, 0.2) is 60.7 Å². The van der Waals surface area contributed by atoms with Crippen LogP contribution in [0.3, 0.4) is 0 Å². The van der Waals surface area contributed by atoms with E-state index in [1.165, 1.54) is 0 Å². The van der Waals surface area contributed by atoms with Crippen LogP contribution >= 0.6 is 0 Å². The van der Waals surface area contributed by atoms with E-state index in [0.717, 1.165) is 5.56 Å². The smallest absolute Gasteiger partial charge is 0.220 e. The Morgan fingerprint density at radius 2 is 1.52 bits per heavy atom. The Morgan fingerprint density at radius 1 is 0.960 bits per heavy atom. The number of ether oxygens (including phenoxy) is 1. The lowest BCUT2D eigenvalue weighted by Crippen LogP contribution is -2.50. The number of carbonyl (C=O) groups excluding carboxylic acids is 1. The normalized spacial score (nSPS) is 14.1. The van der Waals surface area contributed by atoms with Crippen LogP contribution in [0.1, 0.15) is 36.7 Å². The molecule has 0 aliphatic heterocycles. The molecule has 0 fully saturated rings. The Hall–Kier alpha value is -1.75. The van der Waals surface area contributed by atoms with Gasteiger partial charge in [-0.1, -0.05) is 81.4 Å². The summed E-state index contributed by atoms with van der Waals surface area (Å²) in [7, 11) is -2.24. The van der Waals surface area contributed by atoms with E-state index in [9.17, 15) is 4.79 Å². The van der Waals surface area contributed by atoms with Crippen LogP contribution in [0.25, 0.3) is 0 Å². The second-order valence-corrected chi connectivity index (χ2v) is 12.1. The highest BCUT2D eigenvalue weighted by Gasteiger charge is 2.43. The monoisotopic (exact) mass is 356 g/mol. The number of ketones is 1. The number of rotatable bonds is 8. The van der Waals surface area contributed by atoms with E-state index in [1.807, 2.05) is 48.5 Å². The summed E-state index contributed by atoms with van der Waals surface area (Å²) in [5.41, 5.74) is 1.84. The Labute approximate surface area is 152 Å². The van der Waals surface area contributed by atoms with Crippen molar-refractivity contribution in [2.75, 3.05) is 12.8 Å². The molecule has 2 aromatic carbocycles. The quantitative estimate of drug-likeness (QED) is 0.492. The van der Waals surface area contributed by atoms with Crippen molar-refractivity contribution in [2.45, 2.75) is 39.0 Å². The highest BCUT2D eigenvalue weighted by Crippen LogP contribution is 2.37. The van der Waals surface area contributed by atoms with Crippen molar-refractivity contribution in [3.8, 4) is 0 Å². The molecule has 2 aromatic rings. The minimum Gasteiger partial charge on any atom is -0.407 e. The third-order valence-corrected chi connectivity index (χ3v) is 9.40. The van der Waals surface area contributed by atoms with Crippen molar-refractivity contribution in [1.29, 1.82) is 0 Å². The van der Waals surface area contributed by atoms with E-state index in [2.05, 4.69) is 39.5 Å². The van der Waals surface area contributed by atoms with Gasteiger partial charge in [-0.25, -0.2) is 0 Å². The molecule has 0 aromatic heterocycles. The second-order valence-electron chi connectivity index (χ2n) is 7.54. The molecule has 0 aliphatic carbocycles. The summed E-state index contributed by atoms with van der Waals surface area (Å²) < 4.78 is 12.2. The first-order chi connectivity index (χ1) is 11.8. The second kappa shape index (κ2) is 8.56. The van der Waals surface area contributed by atoms with Crippen LogP contribution in [0.4, 0.5) is 0 Å². The molecule has 0 N–H and O–H groups in total. The van der Waals surface area contributed by atoms with E-state index < -0.39 is 8.32 Å². The Bertz CT molecular complexity index is 665. The van der Waals surface area contributed by atoms with E-state index in [1.54, 1.807) is 0 Å². The molecule has 0 spiro atoms. The third-order valence-electron chi connectivity index (χ3n) is 4.69. The summed E-state index contributed by atoms with van der Waals surface area (Å²) in [5.74, 6) is 0.0200. The van der Waals surface area contributed by atoms with Crippen LogP contribution in [0.2, 0.25) is 11.6 Å². The number of hydrogen-bond donors (Lipinski definition) is 0. The molecule has 1 atom stereocenters. The minimum absolute atomic E-state index is 0.0200. The van der Waals surface area contributed by atoms with E-state index in [0.29, 0.717) is 18.4 Å². The Balaban J connectivity index is 1.96. The van der Waals surface area contributed by atoms with Crippen LogP contribution in [0.5, 0.6) is 0 Å². The molecular formula is C21H28O3Si. The first kappa shape index (κ1) is 19.6. The van der Waals surface area contributed by atoms with Crippen molar-refractivity contribution < 1.29 is 14.0 Å². The van der Waals surface area contributed by atoms with Gasteiger partial charge in [0, 0.05) is 5.56 Å². The highest BCUT2D eigenvalue weighted by molar-refractivity contribution is 6.75. The molecule has 0 saturated carbocycles. The fraction of sp³-hybridized carbons (Fsp3) is 0.381. The molecule has 3 nitrogen and oxygen atoms in total. The molecular weight excluding hydrogens is 328 g/mol. The largest absolute Gasteiger partial charge is 0.407 e. The fourth-order valence-electron chi connectivity index (χ4n) is 2.34. The first-order valence-electron chi connectivity index (χ1n) is 8.66. The summed E-state index contributed by atoms with van der Waals surface area (Å²) in [6, 6.07) is 19.4. The first-order valence-corrected chi connectivity index (χ1v) is 11.3. The van der Waals surface area contributed by atoms with E-state index >= 15 is 0 Å². The summed E-state index contributed by atoms with van der Waals surface area (Å²) in [5, 5.41) is -0.0271. The number of Topliss-reactive ketones (excluding diaryl/α,β-unsaturated/α-hetero) is 1. The predicted octanol–water partition coefficient (Wildman–Crippen LogP) is 5.02. The highest BCUT2D eigenvalue weighted by atomic mass is 28.4. The lowest BCUT2D eigenvalue weighted by molar-refractivity contribution is 0.0882. The fourth-order valence-corrected chi connectivity index (χ4v) is 4.24. The maximum atomic E-state index is 12.4. The Kier molecular flexibility index (Phi) is 6.70. The van der Waals surface area contributed by atoms with Gasteiger partial charge >= 0.3 is 0 Å². The van der Waals surface area contributed by atoms with Crippen molar-refractivity contribution >= 4 is 14.1 Å². The minimum atomic E-state index is -2.24. The molecule has 1 unspecified atom stereocenters. The molecule has 0 amide bonds. The van der Waals surface area contributed by atoms with Crippen molar-refractivity contribution in [1.82, 2.24) is 0 Å². The molecule has 25 heavy (non-hydrogen) atoms. The molecule has 0 heterocycles. The average molecular weight is 357 g/mol. The maximum absolute atomic E-state index is 12.4. The van der Waals surface area contributed by atoms with Crippen LogP contribution < -0.4 is 0 Å². The molecule has 4 heteroatoms. The van der Waals surface area contributed by atoms with Gasteiger partial charge in [0.05, 0.1) is 19.4 Å². The van der Waals surface area contributed by atoms with E-state index in [-0.39, 0.29) is 17.4 Å². The number of hydrogen-bond acceptors (Lipinski definition) is 3. The van der Waals surface area contributed by atoms with Crippen LogP contribution in [-0.4, -0.2) is 26.9 Å². The van der Waals surface area contributed by atoms with Gasteiger partial charge in [-0.3, -0.25) is 4.79 Å². The van der Waals surface area contributed by atoms with Crippen molar-refractivity contribution in [3.05, 3.63) is 71.8 Å². The van der Waals surface area contributed by atoms with Gasteiger partial charge in [0.1, 0.15) is 0 Å². The topological polar surface area (TPSA) is 35.5 Å². The zero-order valence-electron chi connectivity index (χ0n) is 15.6. The summed E-state index contributed by atoms with van der Waals surface area (Å²) >= 11 is 0. The zero-order valence-corrected chi connectivity index (χ0v) is 16.6. The molecule has 0 bridgehead atoms.